The lowest BCUT2D eigenvalue weighted by Gasteiger charge is -2.35. The first kappa shape index (κ1) is 38.5. The first-order valence-electron chi connectivity index (χ1n) is 17.0. The van der Waals surface area contributed by atoms with Crippen LogP contribution in [-0.4, -0.2) is 83.3 Å². The van der Waals surface area contributed by atoms with Gasteiger partial charge in [-0.1, -0.05) is 75.4 Å². The highest BCUT2D eigenvalue weighted by Crippen LogP contribution is 2.28. The van der Waals surface area contributed by atoms with Gasteiger partial charge < -0.3 is 35.4 Å². The van der Waals surface area contributed by atoms with Gasteiger partial charge in [-0.25, -0.2) is 9.78 Å². The number of ether oxygens (including phenoxy) is 2. The number of hydrogen-bond donors (Lipinski definition) is 4. The van der Waals surface area contributed by atoms with Crippen LogP contribution in [0.4, 0.5) is 4.79 Å². The molecule has 2 aromatic carbocycles. The highest BCUT2D eigenvalue weighted by molar-refractivity contribution is 7.13. The zero-order chi connectivity index (χ0) is 36.1. The Hall–Kier alpha value is -4.33. The Morgan fingerprint density at radius 1 is 1.00 bits per heavy atom. The third-order valence-electron chi connectivity index (χ3n) is 8.39. The fraction of sp³-hybridized carbons (Fsp3) is 0.486. The van der Waals surface area contributed by atoms with E-state index in [1.807, 2.05) is 87.8 Å². The predicted molar refractivity (Wildman–Crippen MR) is 191 cm³/mol. The van der Waals surface area contributed by atoms with E-state index in [0.717, 1.165) is 40.1 Å². The van der Waals surface area contributed by atoms with Gasteiger partial charge in [0.2, 0.25) is 17.7 Å². The molecule has 1 aliphatic rings. The number of rotatable bonds is 16. The smallest absolute Gasteiger partial charge is 0.407 e. The van der Waals surface area contributed by atoms with Gasteiger partial charge in [0.25, 0.3) is 0 Å². The molecule has 270 valence electrons. The van der Waals surface area contributed by atoms with E-state index in [2.05, 4.69) is 20.9 Å². The van der Waals surface area contributed by atoms with Crippen molar-refractivity contribution in [1.29, 1.82) is 0 Å². The summed E-state index contributed by atoms with van der Waals surface area (Å²) in [6, 6.07) is 15.5. The number of likely N-dealkylation sites (tertiary alicyclic amines) is 1. The number of aromatic nitrogens is 1. The number of nitrogens with one attached hydrogen (secondary N) is 3. The first-order valence-corrected chi connectivity index (χ1v) is 17.9. The molecule has 2 heterocycles. The van der Waals surface area contributed by atoms with Crippen LogP contribution >= 0.6 is 11.3 Å². The summed E-state index contributed by atoms with van der Waals surface area (Å²) in [5.41, 5.74) is 4.98. The largest absolute Gasteiger partial charge is 0.445 e. The number of aryl methyl sites for hydroxylation is 1. The monoisotopic (exact) mass is 707 g/mol. The fourth-order valence-electron chi connectivity index (χ4n) is 5.62. The number of hydrogen-bond acceptors (Lipinski definition) is 9. The number of carbonyl (C=O) groups excluding carboxylic acids is 4. The Balaban J connectivity index is 1.17. The lowest BCUT2D eigenvalue weighted by atomic mass is 9.85. The molecule has 4 amide bonds. The summed E-state index contributed by atoms with van der Waals surface area (Å²) in [4.78, 5) is 58.6. The summed E-state index contributed by atoms with van der Waals surface area (Å²) in [7, 11) is 0. The summed E-state index contributed by atoms with van der Waals surface area (Å²) >= 11 is 1.57. The van der Waals surface area contributed by atoms with E-state index in [-0.39, 0.29) is 38.6 Å². The van der Waals surface area contributed by atoms with Gasteiger partial charge in [0.05, 0.1) is 22.2 Å². The maximum Gasteiger partial charge on any atom is 0.407 e. The molecule has 1 saturated heterocycles. The molecule has 1 fully saturated rings. The molecule has 0 radical (unpaired) electrons. The fourth-order valence-corrected chi connectivity index (χ4v) is 6.43. The number of nitrogens with zero attached hydrogens (tertiary/aromatic N) is 2. The molecule has 50 heavy (non-hydrogen) atoms. The van der Waals surface area contributed by atoms with Crippen LogP contribution < -0.4 is 16.0 Å². The summed E-state index contributed by atoms with van der Waals surface area (Å²) < 4.78 is 10.7. The highest BCUT2D eigenvalue weighted by Gasteiger charge is 2.44. The van der Waals surface area contributed by atoms with Crippen LogP contribution in [0.5, 0.6) is 0 Å². The van der Waals surface area contributed by atoms with Gasteiger partial charge in [0, 0.05) is 32.7 Å². The Morgan fingerprint density at radius 2 is 1.74 bits per heavy atom. The molecule has 0 saturated carbocycles. The molecule has 12 nitrogen and oxygen atoms in total. The topological polar surface area (TPSA) is 159 Å². The molecule has 0 unspecified atom stereocenters. The van der Waals surface area contributed by atoms with Crippen LogP contribution in [0.3, 0.4) is 0 Å². The van der Waals surface area contributed by atoms with Crippen molar-refractivity contribution in [2.45, 2.75) is 84.7 Å². The van der Waals surface area contributed by atoms with Crippen LogP contribution in [-0.2, 0) is 37.0 Å². The number of carbonyl (C=O) groups is 4. The number of aliphatic hydroxyl groups is 1. The van der Waals surface area contributed by atoms with E-state index in [1.165, 1.54) is 4.90 Å². The van der Waals surface area contributed by atoms with Crippen molar-refractivity contribution >= 4 is 35.2 Å². The third-order valence-corrected chi connectivity index (χ3v) is 9.37. The Kier molecular flexibility index (Phi) is 14.3. The molecule has 3 atom stereocenters. The van der Waals surface area contributed by atoms with Crippen molar-refractivity contribution in [2.24, 2.45) is 5.41 Å². The number of alkyl carbamates (subject to hydrolysis) is 1. The second kappa shape index (κ2) is 18.6. The van der Waals surface area contributed by atoms with E-state index in [0.29, 0.717) is 19.6 Å². The van der Waals surface area contributed by atoms with Crippen molar-refractivity contribution in [2.75, 3.05) is 26.3 Å². The van der Waals surface area contributed by atoms with E-state index in [1.54, 1.807) is 11.3 Å². The van der Waals surface area contributed by atoms with Crippen LogP contribution in [0.1, 0.15) is 63.3 Å². The molecule has 1 aromatic heterocycles. The molecule has 3 aromatic rings. The van der Waals surface area contributed by atoms with Crippen molar-refractivity contribution < 1.29 is 33.8 Å². The number of amides is 4. The minimum Gasteiger partial charge on any atom is -0.445 e. The van der Waals surface area contributed by atoms with E-state index in [9.17, 15) is 24.3 Å². The second-order valence-corrected chi connectivity index (χ2v) is 14.4. The molecule has 4 rings (SSSR count). The van der Waals surface area contributed by atoms with Gasteiger partial charge in [-0.3, -0.25) is 14.4 Å². The Bertz CT molecular complexity index is 1560. The van der Waals surface area contributed by atoms with Crippen LogP contribution in [0.15, 0.2) is 60.1 Å². The molecule has 13 heteroatoms. The van der Waals surface area contributed by atoms with Gasteiger partial charge in [0.1, 0.15) is 25.3 Å². The minimum absolute atomic E-state index is 0.00161. The number of thiazole rings is 1. The van der Waals surface area contributed by atoms with Gasteiger partial charge in [-0.05, 0) is 48.3 Å². The highest BCUT2D eigenvalue weighted by atomic mass is 32.1. The number of aliphatic hydroxyl groups excluding tert-OH is 1. The van der Waals surface area contributed by atoms with Crippen molar-refractivity contribution in [3.05, 3.63) is 76.9 Å². The lowest BCUT2D eigenvalue weighted by Crippen LogP contribution is -2.58. The molecular formula is C37H49N5O7S. The predicted octanol–water partition coefficient (Wildman–Crippen LogP) is 4.34. The zero-order valence-corrected chi connectivity index (χ0v) is 30.1. The number of benzene rings is 2. The normalized spacial score (nSPS) is 16.5. The summed E-state index contributed by atoms with van der Waals surface area (Å²) in [6.45, 7) is 8.53. The minimum atomic E-state index is -0.935. The van der Waals surface area contributed by atoms with E-state index >= 15 is 0 Å². The quantitative estimate of drug-likeness (QED) is 0.160. The van der Waals surface area contributed by atoms with Crippen LogP contribution in [0, 0.1) is 12.3 Å². The van der Waals surface area contributed by atoms with E-state index < -0.39 is 41.5 Å². The number of β-amino-alcohol motifs (C(OH)–C–C–N with tert-alkyl or cyclic N) is 1. The van der Waals surface area contributed by atoms with Crippen molar-refractivity contribution in [3.63, 3.8) is 0 Å². The Morgan fingerprint density at radius 3 is 2.42 bits per heavy atom. The molecule has 0 aliphatic carbocycles. The SMILES string of the molecule is Cc1ncsc1-c1ccc(CNC(=O)[C@@H]2C[C@@H](O)CN2C(=O)[C@@H](NC(=O)COCCCCCNC(=O)OCc2ccccc2)C(C)(C)C)cc1. The van der Waals surface area contributed by atoms with Crippen LogP contribution in [0.25, 0.3) is 10.4 Å². The van der Waals surface area contributed by atoms with Gasteiger partial charge in [-0.15, -0.1) is 11.3 Å². The van der Waals surface area contributed by atoms with Gasteiger partial charge in [0.15, 0.2) is 0 Å². The molecule has 0 spiro atoms. The molecule has 1 aliphatic heterocycles. The molecule has 4 N–H and O–H groups in total. The summed E-state index contributed by atoms with van der Waals surface area (Å²) in [5.74, 6) is -1.24. The first-order chi connectivity index (χ1) is 23.9. The van der Waals surface area contributed by atoms with E-state index in [4.69, 9.17) is 9.47 Å². The maximum atomic E-state index is 13.8. The molecular weight excluding hydrogens is 659 g/mol. The van der Waals surface area contributed by atoms with Crippen LogP contribution in [0.2, 0.25) is 0 Å². The second-order valence-electron chi connectivity index (χ2n) is 13.5. The summed E-state index contributed by atoms with van der Waals surface area (Å²) in [6.07, 6.45) is 0.984. The standard InChI is InChI=1S/C37H49N5O7S/c1-25-32(50-24-40-25)28-15-13-26(14-16-28)20-39-34(45)30-19-29(43)21-42(30)35(46)33(37(2,3)4)41-31(44)23-48-18-10-6-9-17-38-36(47)49-22-27-11-7-5-8-12-27/h5,7-8,11-16,24,29-30,33,43H,6,9-10,17-23H2,1-4H3,(H,38,47)(H,39,45)(H,41,44)/t29-,30+,33-/m1/s1. The summed E-state index contributed by atoms with van der Waals surface area (Å²) in [5, 5.41) is 18.9. The maximum absolute atomic E-state index is 13.8. The average Bonchev–Trinajstić information content (AvgIpc) is 3.71. The average molecular weight is 708 g/mol. The van der Waals surface area contributed by atoms with Gasteiger partial charge >= 0.3 is 6.09 Å². The van der Waals surface area contributed by atoms with Crippen molar-refractivity contribution in [3.8, 4) is 10.4 Å². The van der Waals surface area contributed by atoms with Crippen molar-refractivity contribution in [1.82, 2.24) is 25.8 Å². The number of unbranched alkanes of at least 4 members (excludes halogenated alkanes) is 2. The third kappa shape index (κ3) is 11.6. The lowest BCUT2D eigenvalue weighted by molar-refractivity contribution is -0.144. The van der Waals surface area contributed by atoms with Gasteiger partial charge in [-0.2, -0.15) is 0 Å². The zero-order valence-electron chi connectivity index (χ0n) is 29.3. The Labute approximate surface area is 298 Å². The molecule has 0 bridgehead atoms.